The van der Waals surface area contributed by atoms with Gasteiger partial charge in [0.05, 0.1) is 11.6 Å². The number of carbonyl (C=O) groups is 3. The summed E-state index contributed by atoms with van der Waals surface area (Å²) in [5, 5.41) is 44.9. The van der Waals surface area contributed by atoms with Gasteiger partial charge in [0.25, 0.3) is 5.91 Å². The number of aliphatic hydroxyl groups is 3. The van der Waals surface area contributed by atoms with Gasteiger partial charge in [-0.05, 0) is 61.9 Å². The summed E-state index contributed by atoms with van der Waals surface area (Å²) in [4.78, 5) is 43.3. The first-order chi connectivity index (χ1) is 18.6. The Kier molecular flexibility index (Phi) is 7.92. The minimum Gasteiger partial charge on any atom is -0.510 e. The van der Waals surface area contributed by atoms with Gasteiger partial charge in [-0.15, -0.1) is 0 Å². The fraction of sp³-hybridized carbons (Fsp3) is 0.567. The summed E-state index contributed by atoms with van der Waals surface area (Å²) >= 11 is 0. The summed E-state index contributed by atoms with van der Waals surface area (Å²) < 4.78 is 0. The number of nitrogens with zero attached hydrogens (tertiary/aromatic N) is 2. The van der Waals surface area contributed by atoms with Gasteiger partial charge in [0, 0.05) is 31.1 Å². The standard InChI is InChI=1S/C30H41N3O7/c1-14(2)11-33(12-15(3)4)13-16-7-8-20(34)22-18(16)9-17-10-19-24(32(5)6)26(36)23(29(31)39)28(38)30(19,40)27(37)21(17)25(22)35/h7-8,14-15,17,19,24,34,36-37,40H,9-13H2,1-6H3,(H2,31,39)/t17-,19-,24-,30-/m0/s1. The second-order valence-electron chi connectivity index (χ2n) is 12.5. The summed E-state index contributed by atoms with van der Waals surface area (Å²) in [5.41, 5.74) is 3.41. The maximum absolute atomic E-state index is 13.9. The number of phenolic OH excluding ortho intramolecular Hbond substituents is 1. The number of phenols is 1. The minimum atomic E-state index is -2.64. The average molecular weight is 556 g/mol. The van der Waals surface area contributed by atoms with E-state index in [-0.39, 0.29) is 29.7 Å². The number of aliphatic hydroxyl groups excluding tert-OH is 2. The third-order valence-corrected chi connectivity index (χ3v) is 8.34. The van der Waals surface area contributed by atoms with Gasteiger partial charge in [-0.2, -0.15) is 0 Å². The van der Waals surface area contributed by atoms with Gasteiger partial charge in [0.2, 0.25) is 5.78 Å². The lowest BCUT2D eigenvalue weighted by atomic mass is 9.58. The van der Waals surface area contributed by atoms with Crippen molar-refractivity contribution in [1.82, 2.24) is 9.80 Å². The minimum absolute atomic E-state index is 0.0484. The van der Waals surface area contributed by atoms with Crippen molar-refractivity contribution < 1.29 is 34.8 Å². The predicted octanol–water partition coefficient (Wildman–Crippen LogP) is 2.23. The van der Waals surface area contributed by atoms with Crippen molar-refractivity contribution in [2.24, 2.45) is 29.4 Å². The Hall–Kier alpha value is -3.21. The lowest BCUT2D eigenvalue weighted by molar-refractivity contribution is -0.148. The number of hydrogen-bond acceptors (Lipinski definition) is 9. The number of benzene rings is 1. The van der Waals surface area contributed by atoms with E-state index in [1.54, 1.807) is 19.0 Å². The van der Waals surface area contributed by atoms with Crippen LogP contribution in [0.25, 0.3) is 0 Å². The molecule has 4 atom stereocenters. The van der Waals surface area contributed by atoms with Crippen LogP contribution in [0.3, 0.4) is 0 Å². The Balaban J connectivity index is 1.85. The molecule has 0 unspecified atom stereocenters. The highest BCUT2D eigenvalue weighted by atomic mass is 16.3. The Morgan fingerprint density at radius 2 is 1.68 bits per heavy atom. The van der Waals surface area contributed by atoms with Crippen molar-refractivity contribution in [2.75, 3.05) is 27.2 Å². The van der Waals surface area contributed by atoms with Gasteiger partial charge < -0.3 is 26.2 Å². The molecular formula is C30H41N3O7. The highest BCUT2D eigenvalue weighted by molar-refractivity contribution is 6.24. The van der Waals surface area contributed by atoms with E-state index >= 15 is 0 Å². The lowest BCUT2D eigenvalue weighted by Crippen LogP contribution is -2.63. The number of primary amides is 1. The molecule has 0 radical (unpaired) electrons. The van der Waals surface area contributed by atoms with Gasteiger partial charge in [-0.25, -0.2) is 0 Å². The summed E-state index contributed by atoms with van der Waals surface area (Å²) in [5.74, 6) is -5.59. The molecule has 1 aromatic rings. The number of likely N-dealkylation sites (N-methyl/N-ethyl adjacent to an activating group) is 1. The summed E-state index contributed by atoms with van der Waals surface area (Å²) in [6.07, 6.45) is 0.359. The van der Waals surface area contributed by atoms with Crippen LogP contribution in [-0.4, -0.2) is 86.5 Å². The van der Waals surface area contributed by atoms with Crippen LogP contribution in [0.4, 0.5) is 0 Å². The summed E-state index contributed by atoms with van der Waals surface area (Å²) in [6.45, 7) is 10.9. The van der Waals surface area contributed by atoms with Crippen LogP contribution in [-0.2, 0) is 22.6 Å². The zero-order chi connectivity index (χ0) is 29.8. The Labute approximate surface area is 234 Å². The van der Waals surface area contributed by atoms with Crippen LogP contribution in [0.2, 0.25) is 0 Å². The van der Waals surface area contributed by atoms with E-state index < -0.39 is 58.0 Å². The monoisotopic (exact) mass is 555 g/mol. The molecule has 1 amide bonds. The molecule has 10 nitrogen and oxygen atoms in total. The molecule has 4 rings (SSSR count). The second-order valence-corrected chi connectivity index (χ2v) is 12.5. The number of amides is 1. The molecule has 218 valence electrons. The van der Waals surface area contributed by atoms with Crippen molar-refractivity contribution >= 4 is 17.5 Å². The number of hydrogen-bond donors (Lipinski definition) is 5. The van der Waals surface area contributed by atoms with Crippen molar-refractivity contribution in [1.29, 1.82) is 0 Å². The van der Waals surface area contributed by atoms with Crippen LogP contribution in [0.15, 0.2) is 34.8 Å². The average Bonchev–Trinajstić information content (AvgIpc) is 2.81. The highest BCUT2D eigenvalue weighted by Gasteiger charge is 2.63. The molecule has 0 spiro atoms. The number of Topliss-reactive ketones (excluding diaryl/α,β-unsaturated/α-hetero) is 2. The van der Waals surface area contributed by atoms with Gasteiger partial charge in [0.1, 0.15) is 22.8 Å². The van der Waals surface area contributed by atoms with Gasteiger partial charge in [-0.1, -0.05) is 33.8 Å². The first-order valence-corrected chi connectivity index (χ1v) is 13.8. The molecule has 0 saturated heterocycles. The van der Waals surface area contributed by atoms with Crippen LogP contribution in [0, 0.1) is 23.7 Å². The first kappa shape index (κ1) is 29.8. The number of carbonyl (C=O) groups excluding carboxylic acids is 3. The molecule has 0 heterocycles. The number of allylic oxidation sites excluding steroid dienone is 1. The molecule has 3 aliphatic carbocycles. The van der Waals surface area contributed by atoms with Crippen molar-refractivity contribution in [3.63, 3.8) is 0 Å². The van der Waals surface area contributed by atoms with E-state index in [0.29, 0.717) is 23.9 Å². The zero-order valence-electron chi connectivity index (χ0n) is 24.1. The van der Waals surface area contributed by atoms with Crippen molar-refractivity contribution in [3.8, 4) is 5.75 Å². The Morgan fingerprint density at radius 3 is 2.20 bits per heavy atom. The van der Waals surface area contributed by atoms with Crippen molar-refractivity contribution in [2.45, 2.75) is 58.7 Å². The molecule has 6 N–H and O–H groups in total. The number of fused-ring (bicyclic) bond motifs is 3. The van der Waals surface area contributed by atoms with E-state index in [2.05, 4.69) is 32.6 Å². The fourth-order valence-electron chi connectivity index (χ4n) is 6.94. The fourth-order valence-corrected chi connectivity index (χ4v) is 6.94. The lowest BCUT2D eigenvalue weighted by Gasteiger charge is -2.50. The normalized spacial score (nSPS) is 26.6. The van der Waals surface area contributed by atoms with E-state index in [4.69, 9.17) is 5.73 Å². The number of rotatable bonds is 8. The van der Waals surface area contributed by atoms with Gasteiger partial charge in [0.15, 0.2) is 11.4 Å². The molecule has 0 saturated carbocycles. The van der Waals surface area contributed by atoms with Crippen LogP contribution >= 0.6 is 0 Å². The number of ketones is 2. The molecule has 40 heavy (non-hydrogen) atoms. The van der Waals surface area contributed by atoms with Crippen LogP contribution in [0.1, 0.15) is 55.6 Å². The molecular weight excluding hydrogens is 514 g/mol. The van der Waals surface area contributed by atoms with E-state index in [1.807, 2.05) is 6.07 Å². The van der Waals surface area contributed by atoms with Crippen molar-refractivity contribution in [3.05, 3.63) is 51.5 Å². The molecule has 3 aliphatic rings. The molecule has 0 bridgehead atoms. The third-order valence-electron chi connectivity index (χ3n) is 8.34. The van der Waals surface area contributed by atoms with Gasteiger partial charge >= 0.3 is 0 Å². The Morgan fingerprint density at radius 1 is 1.07 bits per heavy atom. The second kappa shape index (κ2) is 10.6. The smallest absolute Gasteiger partial charge is 0.255 e. The molecule has 10 heteroatoms. The predicted molar refractivity (Wildman–Crippen MR) is 149 cm³/mol. The van der Waals surface area contributed by atoms with E-state index in [1.165, 1.54) is 6.07 Å². The summed E-state index contributed by atoms with van der Waals surface area (Å²) in [6, 6.07) is 2.28. The van der Waals surface area contributed by atoms with Gasteiger partial charge in [-0.3, -0.25) is 24.2 Å². The number of aromatic hydroxyl groups is 1. The highest BCUT2D eigenvalue weighted by Crippen LogP contribution is 2.52. The zero-order valence-corrected chi connectivity index (χ0v) is 24.1. The third kappa shape index (κ3) is 4.71. The maximum atomic E-state index is 13.9. The SMILES string of the molecule is CC(C)CN(Cc1ccc(O)c2c1C[C@H]1C[C@H]3[C@H](N(C)C)C(O)=C(C(N)=O)C(=O)[C@@]3(O)C(O)=C1C2=O)CC(C)C. The number of nitrogens with two attached hydrogens (primary N) is 1. The Bertz CT molecular complexity index is 1300. The topological polar surface area (TPSA) is 165 Å². The molecule has 0 fully saturated rings. The quantitative estimate of drug-likeness (QED) is 0.303. The van der Waals surface area contributed by atoms with E-state index in [9.17, 15) is 34.8 Å². The van der Waals surface area contributed by atoms with Crippen LogP contribution in [0.5, 0.6) is 5.75 Å². The molecule has 0 aliphatic heterocycles. The van der Waals surface area contributed by atoms with Crippen LogP contribution < -0.4 is 5.73 Å². The maximum Gasteiger partial charge on any atom is 0.255 e. The molecule has 1 aromatic carbocycles. The largest absolute Gasteiger partial charge is 0.510 e. The first-order valence-electron chi connectivity index (χ1n) is 13.8. The molecule has 0 aromatic heterocycles. The summed E-state index contributed by atoms with van der Waals surface area (Å²) in [7, 11) is 3.23. The van der Waals surface area contributed by atoms with E-state index in [0.717, 1.165) is 18.7 Å².